The molecule has 1 aliphatic carbocycles. The van der Waals surface area contributed by atoms with Crippen LogP contribution in [0.4, 0.5) is 5.00 Å². The van der Waals surface area contributed by atoms with Crippen LogP contribution in [0.25, 0.3) is 0 Å². The first-order chi connectivity index (χ1) is 12.2. The third kappa shape index (κ3) is 3.50. The van der Waals surface area contributed by atoms with Gasteiger partial charge in [0, 0.05) is 29.1 Å². The molecule has 2 heterocycles. The van der Waals surface area contributed by atoms with Crippen LogP contribution in [0.5, 0.6) is 0 Å². The maximum absolute atomic E-state index is 5.93. The van der Waals surface area contributed by atoms with Crippen molar-refractivity contribution in [2.45, 2.75) is 38.5 Å². The highest BCUT2D eigenvalue weighted by molar-refractivity contribution is 7.81. The number of hydrogen-bond acceptors (Lipinski definition) is 3. The molecule has 5 heteroatoms. The summed E-state index contributed by atoms with van der Waals surface area (Å²) < 4.78 is 0. The highest BCUT2D eigenvalue weighted by Crippen LogP contribution is 2.39. The standard InChI is InChI=1S/C20H22N2S3/c23-18(14-8-2-1-3-9-14)21-19-17(20(24)22-12-6-7-13-22)15-10-4-5-11-16(15)25-19/h1-3,8-9H,4-7,10-13H2,(H,21,23). The van der Waals surface area contributed by atoms with E-state index in [1.54, 1.807) is 0 Å². The molecule has 0 radical (unpaired) electrons. The number of rotatable bonds is 3. The summed E-state index contributed by atoms with van der Waals surface area (Å²) in [6, 6.07) is 10.2. The van der Waals surface area contributed by atoms with Crippen molar-refractivity contribution in [3.63, 3.8) is 0 Å². The van der Waals surface area contributed by atoms with Crippen LogP contribution in [-0.2, 0) is 12.8 Å². The third-order valence-electron chi connectivity index (χ3n) is 5.04. The molecular formula is C20H22N2S3. The van der Waals surface area contributed by atoms with Gasteiger partial charge in [-0.05, 0) is 44.1 Å². The summed E-state index contributed by atoms with van der Waals surface area (Å²) in [5.74, 6) is 0. The minimum absolute atomic E-state index is 0.782. The van der Waals surface area contributed by atoms with Gasteiger partial charge in [-0.25, -0.2) is 0 Å². The molecule has 1 saturated heterocycles. The van der Waals surface area contributed by atoms with E-state index in [2.05, 4.69) is 22.3 Å². The Kier molecular flexibility index (Phi) is 5.15. The molecular weight excluding hydrogens is 364 g/mol. The highest BCUT2D eigenvalue weighted by atomic mass is 32.1. The van der Waals surface area contributed by atoms with Crippen LogP contribution in [0.2, 0.25) is 0 Å². The second-order valence-corrected chi connectivity index (χ2v) is 8.63. The number of benzene rings is 1. The van der Waals surface area contributed by atoms with Gasteiger partial charge < -0.3 is 10.2 Å². The summed E-state index contributed by atoms with van der Waals surface area (Å²) in [5, 5.41) is 4.67. The van der Waals surface area contributed by atoms with E-state index in [4.69, 9.17) is 24.4 Å². The maximum Gasteiger partial charge on any atom is 0.112 e. The van der Waals surface area contributed by atoms with Gasteiger partial charge in [-0.1, -0.05) is 54.8 Å². The average Bonchev–Trinajstić information content (AvgIpc) is 3.29. The minimum atomic E-state index is 0.782. The van der Waals surface area contributed by atoms with E-state index in [0.717, 1.165) is 40.1 Å². The lowest BCUT2D eigenvalue weighted by Gasteiger charge is -2.22. The molecule has 0 atom stereocenters. The van der Waals surface area contributed by atoms with Crippen molar-refractivity contribution in [3.8, 4) is 0 Å². The zero-order valence-corrected chi connectivity index (χ0v) is 16.7. The van der Waals surface area contributed by atoms with Crippen molar-refractivity contribution in [2.24, 2.45) is 0 Å². The molecule has 1 aliphatic heterocycles. The molecule has 130 valence electrons. The van der Waals surface area contributed by atoms with Gasteiger partial charge in [-0.3, -0.25) is 0 Å². The average molecular weight is 387 g/mol. The molecule has 0 spiro atoms. The third-order valence-corrected chi connectivity index (χ3v) is 7.05. The van der Waals surface area contributed by atoms with Crippen LogP contribution in [0, 0.1) is 0 Å². The fourth-order valence-corrected chi connectivity index (χ4v) is 5.79. The molecule has 1 N–H and O–H groups in total. The second-order valence-electron chi connectivity index (χ2n) is 6.73. The van der Waals surface area contributed by atoms with Crippen LogP contribution >= 0.6 is 35.8 Å². The van der Waals surface area contributed by atoms with Crippen molar-refractivity contribution < 1.29 is 0 Å². The molecule has 0 unspecified atom stereocenters. The van der Waals surface area contributed by atoms with Gasteiger partial charge in [0.1, 0.15) is 15.0 Å². The van der Waals surface area contributed by atoms with Crippen LogP contribution in [-0.4, -0.2) is 28.0 Å². The van der Waals surface area contributed by atoms with Crippen molar-refractivity contribution in [2.75, 3.05) is 18.4 Å². The van der Waals surface area contributed by atoms with Crippen LogP contribution in [0.15, 0.2) is 30.3 Å². The van der Waals surface area contributed by atoms with Crippen molar-refractivity contribution in [3.05, 3.63) is 51.9 Å². The quantitative estimate of drug-likeness (QED) is 0.730. The Labute approximate surface area is 164 Å². The van der Waals surface area contributed by atoms with Crippen LogP contribution < -0.4 is 5.32 Å². The van der Waals surface area contributed by atoms with Crippen molar-refractivity contribution in [1.82, 2.24) is 4.90 Å². The van der Waals surface area contributed by atoms with E-state index < -0.39 is 0 Å². The molecule has 1 fully saturated rings. The van der Waals surface area contributed by atoms with E-state index in [9.17, 15) is 0 Å². The van der Waals surface area contributed by atoms with Gasteiger partial charge >= 0.3 is 0 Å². The summed E-state index contributed by atoms with van der Waals surface area (Å²) in [5.41, 5.74) is 3.79. The van der Waals surface area contributed by atoms with E-state index >= 15 is 0 Å². The number of anilines is 1. The molecule has 2 aliphatic rings. The minimum Gasteiger partial charge on any atom is -0.362 e. The predicted octanol–water partition coefficient (Wildman–Crippen LogP) is 5.19. The number of aryl methyl sites for hydroxylation is 1. The number of nitrogens with one attached hydrogen (secondary N) is 1. The van der Waals surface area contributed by atoms with E-state index in [-0.39, 0.29) is 0 Å². The Balaban J connectivity index is 1.67. The SMILES string of the molecule is S=C(Nc1sc2c(c1C(=S)N1CCCC1)CCCC2)c1ccccc1. The summed E-state index contributed by atoms with van der Waals surface area (Å²) in [6.07, 6.45) is 7.37. The monoisotopic (exact) mass is 386 g/mol. The Morgan fingerprint density at radius 3 is 2.44 bits per heavy atom. The normalized spacial score (nSPS) is 16.6. The van der Waals surface area contributed by atoms with E-state index in [1.165, 1.54) is 48.1 Å². The van der Waals surface area contributed by atoms with Gasteiger partial charge in [0.2, 0.25) is 0 Å². The molecule has 0 bridgehead atoms. The summed E-state index contributed by atoms with van der Waals surface area (Å²) in [4.78, 5) is 5.68. The lowest BCUT2D eigenvalue weighted by atomic mass is 9.95. The van der Waals surface area contributed by atoms with Crippen molar-refractivity contribution in [1.29, 1.82) is 0 Å². The van der Waals surface area contributed by atoms with Gasteiger partial charge in [0.15, 0.2) is 0 Å². The number of thiophene rings is 1. The first-order valence-electron chi connectivity index (χ1n) is 9.04. The largest absolute Gasteiger partial charge is 0.362 e. The molecule has 2 nitrogen and oxygen atoms in total. The second kappa shape index (κ2) is 7.52. The fraction of sp³-hybridized carbons (Fsp3) is 0.400. The smallest absolute Gasteiger partial charge is 0.112 e. The lowest BCUT2D eigenvalue weighted by Crippen LogP contribution is -2.28. The molecule has 1 aromatic carbocycles. The van der Waals surface area contributed by atoms with E-state index in [1.807, 2.05) is 29.5 Å². The number of thiocarbonyl (C=S) groups is 2. The zero-order valence-electron chi connectivity index (χ0n) is 14.2. The Morgan fingerprint density at radius 1 is 0.960 bits per heavy atom. The van der Waals surface area contributed by atoms with Gasteiger partial charge in [-0.15, -0.1) is 11.3 Å². The zero-order chi connectivity index (χ0) is 17.2. The van der Waals surface area contributed by atoms with Gasteiger partial charge in [0.05, 0.1) is 0 Å². The van der Waals surface area contributed by atoms with Gasteiger partial charge in [-0.2, -0.15) is 0 Å². The lowest BCUT2D eigenvalue weighted by molar-refractivity contribution is 0.529. The van der Waals surface area contributed by atoms with Crippen LogP contribution in [0.3, 0.4) is 0 Å². The van der Waals surface area contributed by atoms with Crippen molar-refractivity contribution >= 4 is 50.8 Å². The first kappa shape index (κ1) is 17.1. The first-order valence-corrected chi connectivity index (χ1v) is 10.7. The number of hydrogen-bond donors (Lipinski definition) is 1. The Morgan fingerprint density at radius 2 is 1.68 bits per heavy atom. The Hall–Kier alpha value is -1.30. The fourth-order valence-electron chi connectivity index (χ4n) is 3.72. The summed E-state index contributed by atoms with van der Waals surface area (Å²) in [7, 11) is 0. The van der Waals surface area contributed by atoms with E-state index in [0.29, 0.717) is 0 Å². The molecule has 2 aromatic rings. The maximum atomic E-state index is 5.93. The number of likely N-dealkylation sites (tertiary alicyclic amines) is 1. The van der Waals surface area contributed by atoms with Crippen LogP contribution in [0.1, 0.15) is 47.3 Å². The summed E-state index contributed by atoms with van der Waals surface area (Å²) in [6.45, 7) is 2.18. The van der Waals surface area contributed by atoms with Gasteiger partial charge in [0.25, 0.3) is 0 Å². The molecule has 4 rings (SSSR count). The number of nitrogens with zero attached hydrogens (tertiary/aromatic N) is 1. The number of fused-ring (bicyclic) bond motifs is 1. The Bertz CT molecular complexity index is 789. The molecule has 0 saturated carbocycles. The molecule has 0 amide bonds. The predicted molar refractivity (Wildman–Crippen MR) is 115 cm³/mol. The topological polar surface area (TPSA) is 15.3 Å². The highest BCUT2D eigenvalue weighted by Gasteiger charge is 2.27. The summed E-state index contributed by atoms with van der Waals surface area (Å²) >= 11 is 13.4. The molecule has 1 aromatic heterocycles. The molecule has 25 heavy (non-hydrogen) atoms.